The second kappa shape index (κ2) is 6.23. The van der Waals surface area contributed by atoms with Crippen LogP contribution in [0.1, 0.15) is 31.4 Å². The molecule has 3 rings (SSSR count). The minimum absolute atomic E-state index is 0.199. The summed E-state index contributed by atoms with van der Waals surface area (Å²) >= 11 is 7.52. The molecule has 0 bridgehead atoms. The van der Waals surface area contributed by atoms with Crippen LogP contribution in [0.3, 0.4) is 0 Å². The number of halogens is 2. The van der Waals surface area contributed by atoms with Crippen LogP contribution in [-0.4, -0.2) is 27.2 Å². The normalized spacial score (nSPS) is 22.2. The molecule has 4 nitrogen and oxygen atoms in total. The summed E-state index contributed by atoms with van der Waals surface area (Å²) in [4.78, 5) is 13.0. The Kier molecular flexibility index (Phi) is 4.35. The first-order valence-electron chi connectivity index (χ1n) is 6.99. The van der Waals surface area contributed by atoms with E-state index in [9.17, 15) is 4.39 Å². The average molecular weight is 327 g/mol. The van der Waals surface area contributed by atoms with Crippen molar-refractivity contribution in [1.29, 1.82) is 0 Å². The number of nitrogens with one attached hydrogen (secondary N) is 1. The van der Waals surface area contributed by atoms with Crippen molar-refractivity contribution in [1.82, 2.24) is 15.0 Å². The van der Waals surface area contributed by atoms with Gasteiger partial charge < -0.3 is 5.32 Å². The minimum atomic E-state index is -0.835. The summed E-state index contributed by atoms with van der Waals surface area (Å²) in [6.45, 7) is 1.92. The molecule has 1 saturated carbocycles. The molecule has 0 amide bonds. The fraction of sp³-hybridized carbons (Fsp3) is 0.500. The highest BCUT2D eigenvalue weighted by atomic mass is 35.5. The molecule has 0 radical (unpaired) electrons. The number of thiazole rings is 1. The van der Waals surface area contributed by atoms with Gasteiger partial charge in [0.25, 0.3) is 0 Å². The maximum absolute atomic E-state index is 13.9. The van der Waals surface area contributed by atoms with Crippen molar-refractivity contribution < 1.29 is 4.39 Å². The highest BCUT2D eigenvalue weighted by molar-refractivity contribution is 7.13. The lowest BCUT2D eigenvalue weighted by Crippen LogP contribution is -2.33. The van der Waals surface area contributed by atoms with Crippen molar-refractivity contribution in [3.63, 3.8) is 0 Å². The Labute approximate surface area is 131 Å². The first kappa shape index (κ1) is 14.7. The molecule has 7 heteroatoms. The van der Waals surface area contributed by atoms with Gasteiger partial charge in [-0.25, -0.2) is 19.3 Å². The van der Waals surface area contributed by atoms with Gasteiger partial charge in [0.05, 0.1) is 6.04 Å². The quantitative estimate of drug-likeness (QED) is 0.856. The van der Waals surface area contributed by atoms with Crippen LogP contribution < -0.4 is 5.32 Å². The van der Waals surface area contributed by atoms with Crippen LogP contribution in [0.25, 0.3) is 10.8 Å². The zero-order valence-corrected chi connectivity index (χ0v) is 13.2. The lowest BCUT2D eigenvalue weighted by molar-refractivity contribution is 0.229. The summed E-state index contributed by atoms with van der Waals surface area (Å²) in [5, 5.41) is 6.15. The van der Waals surface area contributed by atoms with Gasteiger partial charge >= 0.3 is 0 Å². The smallest absolute Gasteiger partial charge is 0.192 e. The molecular formula is C14H16ClFN4S. The van der Waals surface area contributed by atoms with Gasteiger partial charge in [-0.2, -0.15) is 0 Å². The summed E-state index contributed by atoms with van der Waals surface area (Å²) in [5.41, 5.74) is 0.921. The number of nitrogens with zero attached hydrogens (tertiary/aromatic N) is 3. The van der Waals surface area contributed by atoms with E-state index < -0.39 is 6.17 Å². The molecule has 1 aliphatic rings. The maximum atomic E-state index is 13.9. The Morgan fingerprint density at radius 2 is 2.10 bits per heavy atom. The van der Waals surface area contributed by atoms with E-state index in [0.29, 0.717) is 23.2 Å². The van der Waals surface area contributed by atoms with E-state index in [1.165, 1.54) is 11.3 Å². The van der Waals surface area contributed by atoms with Crippen LogP contribution >= 0.6 is 22.9 Å². The van der Waals surface area contributed by atoms with E-state index in [0.717, 1.165) is 30.0 Å². The molecule has 0 aromatic carbocycles. The average Bonchev–Trinajstić information content (AvgIpc) is 2.88. The molecule has 21 heavy (non-hydrogen) atoms. The largest absolute Gasteiger partial charge is 0.364 e. The summed E-state index contributed by atoms with van der Waals surface area (Å²) in [7, 11) is 0. The fourth-order valence-corrected chi connectivity index (χ4v) is 3.39. The highest BCUT2D eigenvalue weighted by Gasteiger charge is 2.25. The molecular weight excluding hydrogens is 311 g/mol. The van der Waals surface area contributed by atoms with Crippen LogP contribution in [0.15, 0.2) is 11.4 Å². The van der Waals surface area contributed by atoms with Crippen LogP contribution in [-0.2, 0) is 0 Å². The van der Waals surface area contributed by atoms with Gasteiger partial charge in [0.15, 0.2) is 10.8 Å². The van der Waals surface area contributed by atoms with Gasteiger partial charge in [-0.1, -0.05) is 24.4 Å². The second-order valence-electron chi connectivity index (χ2n) is 5.24. The Morgan fingerprint density at radius 1 is 1.29 bits per heavy atom. The van der Waals surface area contributed by atoms with Crippen molar-refractivity contribution >= 4 is 28.8 Å². The zero-order valence-electron chi connectivity index (χ0n) is 11.6. The first-order chi connectivity index (χ1) is 10.1. The third-order valence-corrected chi connectivity index (χ3v) is 4.67. The third kappa shape index (κ3) is 3.49. The van der Waals surface area contributed by atoms with Gasteiger partial charge in [-0.15, -0.1) is 11.3 Å². The summed E-state index contributed by atoms with van der Waals surface area (Å²) in [6, 6.07) is 1.43. The van der Waals surface area contributed by atoms with Crippen LogP contribution in [0, 0.1) is 6.92 Å². The second-order valence-corrected chi connectivity index (χ2v) is 6.49. The number of alkyl halides is 1. The van der Waals surface area contributed by atoms with E-state index in [-0.39, 0.29) is 6.04 Å². The van der Waals surface area contributed by atoms with Gasteiger partial charge in [0, 0.05) is 17.1 Å². The van der Waals surface area contributed by atoms with E-state index >= 15 is 0 Å². The van der Waals surface area contributed by atoms with E-state index in [1.54, 1.807) is 6.07 Å². The molecule has 2 aromatic rings. The maximum Gasteiger partial charge on any atom is 0.192 e. The minimum Gasteiger partial charge on any atom is -0.364 e. The van der Waals surface area contributed by atoms with Crippen LogP contribution in [0.5, 0.6) is 0 Å². The van der Waals surface area contributed by atoms with Crippen molar-refractivity contribution in [3.05, 3.63) is 22.3 Å². The predicted molar refractivity (Wildman–Crippen MR) is 83.7 cm³/mol. The molecule has 112 valence electrons. The van der Waals surface area contributed by atoms with Crippen molar-refractivity contribution in [2.75, 3.05) is 5.32 Å². The highest BCUT2D eigenvalue weighted by Crippen LogP contribution is 2.27. The molecule has 1 N–H and O–H groups in total. The molecule has 0 aliphatic heterocycles. The van der Waals surface area contributed by atoms with Crippen molar-refractivity contribution in [2.45, 2.75) is 44.8 Å². The van der Waals surface area contributed by atoms with Gasteiger partial charge in [-0.05, 0) is 19.8 Å². The standard InChI is InChI=1S/C14H16ClFN4S/c1-8-7-21-14(17-8)13-19-11(15)6-12(20-13)18-10-5-3-2-4-9(10)16/h6-7,9-10H,2-5H2,1H3,(H,18,19,20). The Bertz CT molecular complexity index is 633. The number of aryl methyl sites for hydroxylation is 1. The van der Waals surface area contributed by atoms with Crippen molar-refractivity contribution in [3.8, 4) is 10.8 Å². The molecule has 2 aromatic heterocycles. The van der Waals surface area contributed by atoms with Gasteiger partial charge in [0.1, 0.15) is 17.1 Å². The Balaban J connectivity index is 1.84. The molecule has 1 aliphatic carbocycles. The summed E-state index contributed by atoms with van der Waals surface area (Å²) in [5.74, 6) is 1.04. The molecule has 2 unspecified atom stereocenters. The number of anilines is 1. The summed E-state index contributed by atoms with van der Waals surface area (Å²) in [6.07, 6.45) is 2.57. The molecule has 1 fully saturated rings. The van der Waals surface area contributed by atoms with Crippen LogP contribution in [0.4, 0.5) is 10.2 Å². The first-order valence-corrected chi connectivity index (χ1v) is 8.25. The summed E-state index contributed by atoms with van der Waals surface area (Å²) < 4.78 is 13.9. The van der Waals surface area contributed by atoms with E-state index in [4.69, 9.17) is 11.6 Å². The Hall–Kier alpha value is -1.27. The number of aromatic nitrogens is 3. The van der Waals surface area contributed by atoms with Gasteiger partial charge in [0.2, 0.25) is 0 Å². The molecule has 0 spiro atoms. The topological polar surface area (TPSA) is 50.7 Å². The number of rotatable bonds is 3. The molecule has 2 atom stereocenters. The van der Waals surface area contributed by atoms with E-state index in [2.05, 4.69) is 20.3 Å². The van der Waals surface area contributed by atoms with Crippen LogP contribution in [0.2, 0.25) is 5.15 Å². The molecule has 0 saturated heterocycles. The Morgan fingerprint density at radius 3 is 2.81 bits per heavy atom. The van der Waals surface area contributed by atoms with Gasteiger partial charge in [-0.3, -0.25) is 0 Å². The lowest BCUT2D eigenvalue weighted by Gasteiger charge is -2.27. The third-order valence-electron chi connectivity index (χ3n) is 3.52. The zero-order chi connectivity index (χ0) is 14.8. The van der Waals surface area contributed by atoms with E-state index in [1.807, 2.05) is 12.3 Å². The predicted octanol–water partition coefficient (Wildman–Crippen LogP) is 4.25. The molecule has 2 heterocycles. The monoisotopic (exact) mass is 326 g/mol. The number of hydrogen-bond donors (Lipinski definition) is 1. The SMILES string of the molecule is Cc1csc(-c2nc(Cl)cc(NC3CCCCC3F)n2)n1. The fourth-order valence-electron chi connectivity index (χ4n) is 2.48. The lowest BCUT2D eigenvalue weighted by atomic mass is 9.94. The number of hydrogen-bond acceptors (Lipinski definition) is 5. The van der Waals surface area contributed by atoms with Crippen molar-refractivity contribution in [2.24, 2.45) is 0 Å².